The largest absolute Gasteiger partial charge is 0.339 e. The van der Waals surface area contributed by atoms with Gasteiger partial charge in [-0.1, -0.05) is 40.5 Å². The molecule has 21 heavy (non-hydrogen) atoms. The van der Waals surface area contributed by atoms with Crippen LogP contribution >= 0.6 is 0 Å². The van der Waals surface area contributed by atoms with Gasteiger partial charge in [0, 0.05) is 26.2 Å². The van der Waals surface area contributed by atoms with Crippen LogP contribution in [0.15, 0.2) is 0 Å². The van der Waals surface area contributed by atoms with Crippen LogP contribution in [0.4, 0.5) is 0 Å². The minimum atomic E-state index is 0.0567. The van der Waals surface area contributed by atoms with E-state index in [0.29, 0.717) is 11.8 Å². The molecular weight excluding hydrogens is 262 g/mol. The molecule has 1 N–H and O–H groups in total. The van der Waals surface area contributed by atoms with Crippen molar-refractivity contribution in [1.82, 2.24) is 15.1 Å². The lowest BCUT2D eigenvalue weighted by molar-refractivity contribution is -0.139. The number of hydrogen-bond acceptors (Lipinski definition) is 3. The number of nitrogens with zero attached hydrogens (tertiary/aromatic N) is 2. The zero-order chi connectivity index (χ0) is 15.7. The third-order valence-electron chi connectivity index (χ3n) is 4.30. The number of carbonyl (C=O) groups is 1. The molecule has 1 fully saturated rings. The molecule has 1 aliphatic rings. The zero-order valence-electron chi connectivity index (χ0n) is 14.5. The summed E-state index contributed by atoms with van der Waals surface area (Å²) in [6.07, 6.45) is 4.74. The molecule has 0 aromatic carbocycles. The van der Waals surface area contributed by atoms with Crippen LogP contribution in [0, 0.1) is 5.92 Å². The number of carbonyl (C=O) groups excluding carboxylic acids is 1. The van der Waals surface area contributed by atoms with E-state index in [1.54, 1.807) is 0 Å². The summed E-state index contributed by atoms with van der Waals surface area (Å²) in [6.45, 7) is 14.5. The predicted molar refractivity (Wildman–Crippen MR) is 89.5 cm³/mol. The van der Waals surface area contributed by atoms with Crippen molar-refractivity contribution < 1.29 is 4.79 Å². The van der Waals surface area contributed by atoms with E-state index in [1.165, 1.54) is 25.7 Å². The van der Waals surface area contributed by atoms with Gasteiger partial charge in [-0.3, -0.25) is 9.69 Å². The maximum absolute atomic E-state index is 13.0. The highest BCUT2D eigenvalue weighted by Crippen LogP contribution is 2.17. The fraction of sp³-hybridized carbons (Fsp3) is 0.941. The second kappa shape index (κ2) is 10.2. The third-order valence-corrected chi connectivity index (χ3v) is 4.30. The second-order valence-corrected chi connectivity index (χ2v) is 6.51. The first-order valence-electron chi connectivity index (χ1n) is 8.85. The molecular formula is C17H35N3O. The van der Waals surface area contributed by atoms with Crippen molar-refractivity contribution in [3.8, 4) is 0 Å². The lowest BCUT2D eigenvalue weighted by Crippen LogP contribution is -2.56. The minimum Gasteiger partial charge on any atom is -0.339 e. The van der Waals surface area contributed by atoms with E-state index in [9.17, 15) is 4.79 Å². The van der Waals surface area contributed by atoms with Crippen molar-refractivity contribution in [2.24, 2.45) is 5.92 Å². The fourth-order valence-corrected chi connectivity index (χ4v) is 3.05. The molecule has 0 aliphatic carbocycles. The van der Waals surface area contributed by atoms with Crippen molar-refractivity contribution in [3.05, 3.63) is 0 Å². The molecule has 124 valence electrons. The predicted octanol–water partition coefficient (Wildman–Crippen LogP) is 2.34. The number of hydrogen-bond donors (Lipinski definition) is 1. The van der Waals surface area contributed by atoms with Crippen LogP contribution in [-0.2, 0) is 4.79 Å². The van der Waals surface area contributed by atoms with E-state index in [2.05, 4.69) is 42.8 Å². The summed E-state index contributed by atoms with van der Waals surface area (Å²) in [5.41, 5.74) is 0. The number of piperazine rings is 1. The average Bonchev–Trinajstić information content (AvgIpc) is 2.50. The molecule has 0 aromatic heterocycles. The Morgan fingerprint density at radius 3 is 2.05 bits per heavy atom. The summed E-state index contributed by atoms with van der Waals surface area (Å²) in [5.74, 6) is 0.722. The van der Waals surface area contributed by atoms with Crippen molar-refractivity contribution in [2.75, 3.05) is 39.3 Å². The van der Waals surface area contributed by atoms with Crippen molar-refractivity contribution >= 4 is 5.91 Å². The van der Waals surface area contributed by atoms with Crippen LogP contribution in [0.3, 0.4) is 0 Å². The van der Waals surface area contributed by atoms with Gasteiger partial charge in [-0.05, 0) is 31.8 Å². The summed E-state index contributed by atoms with van der Waals surface area (Å²) in [4.78, 5) is 17.5. The minimum absolute atomic E-state index is 0.0567. The first-order chi connectivity index (χ1) is 10.1. The number of rotatable bonds is 9. The topological polar surface area (TPSA) is 35.6 Å². The molecule has 0 bridgehead atoms. The maximum atomic E-state index is 13.0. The Hall–Kier alpha value is -0.610. The van der Waals surface area contributed by atoms with Crippen molar-refractivity contribution in [3.63, 3.8) is 0 Å². The van der Waals surface area contributed by atoms with Gasteiger partial charge in [0.2, 0.25) is 5.91 Å². The van der Waals surface area contributed by atoms with Crippen molar-refractivity contribution in [1.29, 1.82) is 0 Å². The Kier molecular flexibility index (Phi) is 8.93. The quantitative estimate of drug-likeness (QED) is 0.709. The highest BCUT2D eigenvalue weighted by atomic mass is 16.2. The molecule has 0 saturated carbocycles. The molecule has 1 aliphatic heterocycles. The van der Waals surface area contributed by atoms with E-state index in [-0.39, 0.29) is 6.04 Å². The van der Waals surface area contributed by atoms with Gasteiger partial charge in [-0.15, -0.1) is 0 Å². The van der Waals surface area contributed by atoms with Gasteiger partial charge >= 0.3 is 0 Å². The van der Waals surface area contributed by atoms with Crippen LogP contribution in [-0.4, -0.2) is 61.0 Å². The Morgan fingerprint density at radius 1 is 1.10 bits per heavy atom. The second-order valence-electron chi connectivity index (χ2n) is 6.51. The van der Waals surface area contributed by atoms with E-state index in [4.69, 9.17) is 0 Å². The summed E-state index contributed by atoms with van der Waals surface area (Å²) in [5, 5.41) is 3.33. The third kappa shape index (κ3) is 5.95. The van der Waals surface area contributed by atoms with Gasteiger partial charge in [0.15, 0.2) is 0 Å². The van der Waals surface area contributed by atoms with E-state index in [1.807, 2.05) is 0 Å². The van der Waals surface area contributed by atoms with Crippen molar-refractivity contribution in [2.45, 2.75) is 59.4 Å². The molecule has 1 atom stereocenters. The van der Waals surface area contributed by atoms with Crippen LogP contribution < -0.4 is 5.32 Å². The van der Waals surface area contributed by atoms with Gasteiger partial charge in [0.25, 0.3) is 0 Å². The first kappa shape index (κ1) is 18.4. The van der Waals surface area contributed by atoms with E-state index in [0.717, 1.165) is 39.3 Å². The van der Waals surface area contributed by atoms with Gasteiger partial charge in [0.05, 0.1) is 6.04 Å². The van der Waals surface area contributed by atoms with Crippen LogP contribution in [0.25, 0.3) is 0 Å². The fourth-order valence-electron chi connectivity index (χ4n) is 3.05. The molecule has 1 unspecified atom stereocenters. The SMILES string of the molecule is CCCCN(CCCC)C(C(=O)N1CCNCC1)C(C)C. The van der Waals surface area contributed by atoms with E-state index >= 15 is 0 Å². The molecule has 1 rings (SSSR count). The zero-order valence-corrected chi connectivity index (χ0v) is 14.5. The monoisotopic (exact) mass is 297 g/mol. The number of nitrogens with one attached hydrogen (secondary N) is 1. The lowest BCUT2D eigenvalue weighted by Gasteiger charge is -2.38. The smallest absolute Gasteiger partial charge is 0.240 e. The van der Waals surface area contributed by atoms with Gasteiger partial charge in [-0.25, -0.2) is 0 Å². The molecule has 0 aromatic rings. The van der Waals surface area contributed by atoms with Crippen LogP contribution in [0.1, 0.15) is 53.4 Å². The summed E-state index contributed by atoms with van der Waals surface area (Å²) < 4.78 is 0. The molecule has 0 radical (unpaired) electrons. The highest BCUT2D eigenvalue weighted by Gasteiger charge is 2.32. The standard InChI is InChI=1S/C17H35N3O/c1-5-7-11-19(12-8-6-2)16(15(3)4)17(21)20-13-9-18-10-14-20/h15-16,18H,5-14H2,1-4H3. The molecule has 1 saturated heterocycles. The van der Waals surface area contributed by atoms with Gasteiger partial charge in [-0.2, -0.15) is 0 Å². The summed E-state index contributed by atoms with van der Waals surface area (Å²) in [6, 6.07) is 0.0567. The summed E-state index contributed by atoms with van der Waals surface area (Å²) >= 11 is 0. The first-order valence-corrected chi connectivity index (χ1v) is 8.85. The Bertz CT molecular complexity index is 280. The molecule has 4 heteroatoms. The Balaban J connectivity index is 2.75. The van der Waals surface area contributed by atoms with E-state index < -0.39 is 0 Å². The highest BCUT2D eigenvalue weighted by molar-refractivity contribution is 5.82. The van der Waals surface area contributed by atoms with Gasteiger partial charge < -0.3 is 10.2 Å². The van der Waals surface area contributed by atoms with Gasteiger partial charge in [0.1, 0.15) is 0 Å². The average molecular weight is 297 g/mol. The molecule has 0 spiro atoms. The number of amides is 1. The Labute approximate surface area is 131 Å². The summed E-state index contributed by atoms with van der Waals surface area (Å²) in [7, 11) is 0. The van der Waals surface area contributed by atoms with Crippen LogP contribution in [0.5, 0.6) is 0 Å². The number of unbranched alkanes of at least 4 members (excludes halogenated alkanes) is 2. The molecule has 1 heterocycles. The molecule has 4 nitrogen and oxygen atoms in total. The molecule has 1 amide bonds. The Morgan fingerprint density at radius 2 is 1.62 bits per heavy atom. The lowest BCUT2D eigenvalue weighted by atomic mass is 9.99. The van der Waals surface area contributed by atoms with Crippen LogP contribution in [0.2, 0.25) is 0 Å². The normalized spacial score (nSPS) is 17.5. The maximum Gasteiger partial charge on any atom is 0.240 e.